The van der Waals surface area contributed by atoms with Gasteiger partial charge in [-0.25, -0.2) is 4.79 Å². The molecule has 0 aliphatic carbocycles. The molecule has 0 radical (unpaired) electrons. The van der Waals surface area contributed by atoms with Gasteiger partial charge >= 0.3 is 5.97 Å². The third kappa shape index (κ3) is 2.65. The number of aliphatic carboxylic acids is 1. The van der Waals surface area contributed by atoms with Crippen molar-refractivity contribution in [3.05, 3.63) is 41.5 Å². The first kappa shape index (κ1) is 11.7. The van der Waals surface area contributed by atoms with Crippen molar-refractivity contribution >= 4 is 5.97 Å². The van der Waals surface area contributed by atoms with Crippen LogP contribution in [0.2, 0.25) is 0 Å². The normalized spacial score (nSPS) is 18.6. The minimum Gasteiger partial charge on any atom is -0.491 e. The highest BCUT2D eigenvalue weighted by molar-refractivity contribution is 5.85. The average Bonchev–Trinajstić information content (AvgIpc) is 2.72. The van der Waals surface area contributed by atoms with E-state index in [0.717, 1.165) is 11.3 Å². The molecule has 0 aromatic heterocycles. The van der Waals surface area contributed by atoms with Crippen molar-refractivity contribution in [2.24, 2.45) is 0 Å². The zero-order valence-corrected chi connectivity index (χ0v) is 9.64. The number of carboxylic acid groups (broad SMARTS) is 1. The highest BCUT2D eigenvalue weighted by Gasteiger charge is 2.22. The average molecular weight is 233 g/mol. The Morgan fingerprint density at radius 3 is 3.12 bits per heavy atom. The summed E-state index contributed by atoms with van der Waals surface area (Å²) >= 11 is 0. The van der Waals surface area contributed by atoms with Crippen LogP contribution in [-0.2, 0) is 4.79 Å². The molecule has 1 heterocycles. The maximum absolute atomic E-state index is 10.6. The monoisotopic (exact) mass is 233 g/mol. The van der Waals surface area contributed by atoms with E-state index in [1.165, 1.54) is 0 Å². The van der Waals surface area contributed by atoms with Crippen molar-refractivity contribution in [1.29, 1.82) is 0 Å². The maximum Gasteiger partial charge on any atom is 0.330 e. The Bertz CT molecular complexity index is 454. The molecule has 2 N–H and O–H groups in total. The van der Waals surface area contributed by atoms with Gasteiger partial charge in [0.05, 0.1) is 6.04 Å². The first-order valence-corrected chi connectivity index (χ1v) is 5.53. The summed E-state index contributed by atoms with van der Waals surface area (Å²) < 4.78 is 5.52. The number of hydrogen-bond acceptors (Lipinski definition) is 3. The minimum absolute atomic E-state index is 0.143. The number of para-hydroxylation sites is 1. The van der Waals surface area contributed by atoms with E-state index in [1.54, 1.807) is 13.0 Å². The first-order chi connectivity index (χ1) is 8.18. The molecule has 1 aromatic rings. The van der Waals surface area contributed by atoms with E-state index in [1.807, 2.05) is 24.3 Å². The molecule has 0 spiro atoms. The molecule has 1 atom stereocenters. The molecule has 4 heteroatoms. The molecule has 90 valence electrons. The first-order valence-electron chi connectivity index (χ1n) is 5.53. The fraction of sp³-hybridized carbons (Fsp3) is 0.308. The largest absolute Gasteiger partial charge is 0.491 e. The van der Waals surface area contributed by atoms with Gasteiger partial charge in [0.25, 0.3) is 0 Å². The Kier molecular flexibility index (Phi) is 3.44. The maximum atomic E-state index is 10.6. The van der Waals surface area contributed by atoms with Gasteiger partial charge in [-0.3, -0.25) is 0 Å². The Labute approximate surface area is 99.9 Å². The number of fused-ring (bicyclic) bond motifs is 1. The Balaban J connectivity index is 1.94. The SMILES string of the molecule is C/C(=C/CNC1COc2ccccc21)C(=O)O. The van der Waals surface area contributed by atoms with Gasteiger partial charge in [-0.1, -0.05) is 24.3 Å². The predicted molar refractivity (Wildman–Crippen MR) is 64.1 cm³/mol. The Hall–Kier alpha value is -1.81. The van der Waals surface area contributed by atoms with Gasteiger partial charge in [0, 0.05) is 17.7 Å². The quantitative estimate of drug-likeness (QED) is 0.778. The molecule has 1 unspecified atom stereocenters. The lowest BCUT2D eigenvalue weighted by molar-refractivity contribution is -0.132. The molecule has 0 bridgehead atoms. The van der Waals surface area contributed by atoms with E-state index < -0.39 is 5.97 Å². The lowest BCUT2D eigenvalue weighted by Crippen LogP contribution is -2.23. The van der Waals surface area contributed by atoms with Gasteiger partial charge in [-0.2, -0.15) is 0 Å². The number of carbonyl (C=O) groups is 1. The number of carboxylic acids is 1. The second kappa shape index (κ2) is 5.01. The number of ether oxygens (including phenoxy) is 1. The van der Waals surface area contributed by atoms with Crippen LogP contribution in [-0.4, -0.2) is 24.2 Å². The molecule has 17 heavy (non-hydrogen) atoms. The van der Waals surface area contributed by atoms with Gasteiger partial charge in [0.1, 0.15) is 12.4 Å². The fourth-order valence-corrected chi connectivity index (χ4v) is 1.77. The zero-order valence-electron chi connectivity index (χ0n) is 9.64. The summed E-state index contributed by atoms with van der Waals surface area (Å²) in [4.78, 5) is 10.6. The van der Waals surface area contributed by atoms with Crippen LogP contribution in [0.15, 0.2) is 35.9 Å². The third-order valence-corrected chi connectivity index (χ3v) is 2.81. The van der Waals surface area contributed by atoms with Gasteiger partial charge in [0.2, 0.25) is 0 Å². The lowest BCUT2D eigenvalue weighted by Gasteiger charge is -2.09. The molecule has 1 aliphatic heterocycles. The third-order valence-electron chi connectivity index (χ3n) is 2.81. The van der Waals surface area contributed by atoms with Crippen LogP contribution in [0.5, 0.6) is 5.75 Å². The molecular weight excluding hydrogens is 218 g/mol. The molecule has 2 rings (SSSR count). The number of nitrogens with one attached hydrogen (secondary N) is 1. The van der Waals surface area contributed by atoms with E-state index >= 15 is 0 Å². The van der Waals surface area contributed by atoms with Gasteiger partial charge < -0.3 is 15.2 Å². The van der Waals surface area contributed by atoms with Crippen molar-refractivity contribution in [2.45, 2.75) is 13.0 Å². The predicted octanol–water partition coefficient (Wildman–Crippen LogP) is 1.74. The van der Waals surface area contributed by atoms with Crippen LogP contribution in [0.25, 0.3) is 0 Å². The molecule has 0 fully saturated rings. The Morgan fingerprint density at radius 2 is 2.35 bits per heavy atom. The summed E-state index contributed by atoms with van der Waals surface area (Å²) in [6.45, 7) is 2.71. The summed E-state index contributed by atoms with van der Waals surface area (Å²) in [6.07, 6.45) is 1.67. The standard InChI is InChI=1S/C13H15NO3/c1-9(13(15)16)6-7-14-11-8-17-12-5-3-2-4-10(11)12/h2-6,11,14H,7-8H2,1H3,(H,15,16)/b9-6-. The van der Waals surface area contributed by atoms with Crippen LogP contribution < -0.4 is 10.1 Å². The minimum atomic E-state index is -0.880. The molecule has 0 saturated heterocycles. The molecule has 1 aliphatic rings. The topological polar surface area (TPSA) is 58.6 Å². The van der Waals surface area contributed by atoms with Gasteiger partial charge in [-0.05, 0) is 13.0 Å². The summed E-state index contributed by atoms with van der Waals surface area (Å²) in [6, 6.07) is 8.02. The second-order valence-corrected chi connectivity index (χ2v) is 4.00. The molecule has 0 amide bonds. The molecule has 4 nitrogen and oxygen atoms in total. The number of hydrogen-bond donors (Lipinski definition) is 2. The van der Waals surface area contributed by atoms with Crippen LogP contribution in [0.4, 0.5) is 0 Å². The van der Waals surface area contributed by atoms with Crippen LogP contribution >= 0.6 is 0 Å². The zero-order chi connectivity index (χ0) is 12.3. The molecule has 0 saturated carbocycles. The van der Waals surface area contributed by atoms with Crippen molar-refractivity contribution < 1.29 is 14.6 Å². The lowest BCUT2D eigenvalue weighted by atomic mass is 10.1. The highest BCUT2D eigenvalue weighted by Crippen LogP contribution is 2.31. The smallest absolute Gasteiger partial charge is 0.330 e. The van der Waals surface area contributed by atoms with E-state index in [4.69, 9.17) is 9.84 Å². The van der Waals surface area contributed by atoms with Crippen molar-refractivity contribution in [1.82, 2.24) is 5.32 Å². The Morgan fingerprint density at radius 1 is 1.59 bits per heavy atom. The molecule has 1 aromatic carbocycles. The van der Waals surface area contributed by atoms with E-state index in [2.05, 4.69) is 5.32 Å². The summed E-state index contributed by atoms with van der Waals surface area (Å²) in [5, 5.41) is 12.0. The van der Waals surface area contributed by atoms with Crippen molar-refractivity contribution in [3.63, 3.8) is 0 Å². The van der Waals surface area contributed by atoms with Crippen LogP contribution in [0, 0.1) is 0 Å². The second-order valence-electron chi connectivity index (χ2n) is 4.00. The van der Waals surface area contributed by atoms with Gasteiger partial charge in [-0.15, -0.1) is 0 Å². The highest BCUT2D eigenvalue weighted by atomic mass is 16.5. The van der Waals surface area contributed by atoms with Crippen LogP contribution in [0.1, 0.15) is 18.5 Å². The summed E-state index contributed by atoms with van der Waals surface area (Å²) in [5.74, 6) is 0.0267. The van der Waals surface area contributed by atoms with Crippen molar-refractivity contribution in [3.8, 4) is 5.75 Å². The fourth-order valence-electron chi connectivity index (χ4n) is 1.77. The van der Waals surface area contributed by atoms with Crippen molar-refractivity contribution in [2.75, 3.05) is 13.2 Å². The van der Waals surface area contributed by atoms with E-state index in [0.29, 0.717) is 18.7 Å². The van der Waals surface area contributed by atoms with E-state index in [9.17, 15) is 4.79 Å². The summed E-state index contributed by atoms with van der Waals surface area (Å²) in [5.41, 5.74) is 1.48. The van der Waals surface area contributed by atoms with Gasteiger partial charge in [0.15, 0.2) is 0 Å². The molecular formula is C13H15NO3. The number of rotatable bonds is 4. The van der Waals surface area contributed by atoms with E-state index in [-0.39, 0.29) is 6.04 Å². The van der Waals surface area contributed by atoms with Crippen LogP contribution in [0.3, 0.4) is 0 Å². The summed E-state index contributed by atoms with van der Waals surface area (Å²) in [7, 11) is 0. The number of benzene rings is 1.